The van der Waals surface area contributed by atoms with Crippen molar-refractivity contribution in [1.82, 2.24) is 0 Å². The maximum atomic E-state index is 11.1. The standard InChI is InChI=1S/C14H12Br2N2O2/c1-9-2-4-11(15)6-13(9)17-8-10-3-5-12(16)7-14(10)18(19)20/h2-7,17H,8H2,1H3. The summed E-state index contributed by atoms with van der Waals surface area (Å²) in [7, 11) is 0. The van der Waals surface area contributed by atoms with Crippen molar-refractivity contribution in [1.29, 1.82) is 0 Å². The van der Waals surface area contributed by atoms with E-state index in [1.165, 1.54) is 6.07 Å². The molecule has 104 valence electrons. The second kappa shape index (κ2) is 6.37. The Labute approximate surface area is 133 Å². The zero-order valence-electron chi connectivity index (χ0n) is 10.7. The molecule has 0 amide bonds. The van der Waals surface area contributed by atoms with Crippen LogP contribution in [0.3, 0.4) is 0 Å². The van der Waals surface area contributed by atoms with Gasteiger partial charge in [0, 0.05) is 32.8 Å². The molecule has 0 bridgehead atoms. The number of aryl methyl sites for hydroxylation is 1. The van der Waals surface area contributed by atoms with Gasteiger partial charge in [-0.1, -0.05) is 37.9 Å². The Bertz CT molecular complexity index is 660. The van der Waals surface area contributed by atoms with Crippen LogP contribution in [0.15, 0.2) is 45.3 Å². The molecular weight excluding hydrogens is 388 g/mol. The van der Waals surface area contributed by atoms with Crippen LogP contribution in [0.2, 0.25) is 0 Å². The van der Waals surface area contributed by atoms with Gasteiger partial charge in [-0.05, 0) is 36.8 Å². The van der Waals surface area contributed by atoms with E-state index < -0.39 is 0 Å². The molecule has 2 aromatic carbocycles. The van der Waals surface area contributed by atoms with Gasteiger partial charge in [-0.15, -0.1) is 0 Å². The second-order valence-corrected chi connectivity index (χ2v) is 6.17. The minimum Gasteiger partial charge on any atom is -0.380 e. The topological polar surface area (TPSA) is 55.2 Å². The number of hydrogen-bond acceptors (Lipinski definition) is 3. The first kappa shape index (κ1) is 15.0. The van der Waals surface area contributed by atoms with E-state index in [1.807, 2.05) is 25.1 Å². The van der Waals surface area contributed by atoms with Gasteiger partial charge in [-0.3, -0.25) is 10.1 Å². The van der Waals surface area contributed by atoms with Crippen LogP contribution in [0.1, 0.15) is 11.1 Å². The molecule has 0 aliphatic heterocycles. The summed E-state index contributed by atoms with van der Waals surface area (Å²) in [6.45, 7) is 2.39. The summed E-state index contributed by atoms with van der Waals surface area (Å²) >= 11 is 6.67. The van der Waals surface area contributed by atoms with Crippen molar-refractivity contribution in [3.63, 3.8) is 0 Å². The molecule has 0 unspecified atom stereocenters. The molecule has 0 aromatic heterocycles. The van der Waals surface area contributed by atoms with Crippen molar-refractivity contribution in [3.8, 4) is 0 Å². The van der Waals surface area contributed by atoms with Gasteiger partial charge in [0.1, 0.15) is 0 Å². The van der Waals surface area contributed by atoms with Gasteiger partial charge in [0.15, 0.2) is 0 Å². The Morgan fingerprint density at radius 1 is 1.15 bits per heavy atom. The third-order valence-electron chi connectivity index (χ3n) is 2.91. The molecular formula is C14H12Br2N2O2. The fourth-order valence-electron chi connectivity index (χ4n) is 1.83. The molecule has 0 heterocycles. The van der Waals surface area contributed by atoms with Crippen molar-refractivity contribution < 1.29 is 4.92 Å². The zero-order valence-corrected chi connectivity index (χ0v) is 13.9. The number of nitro benzene ring substituents is 1. The first-order valence-electron chi connectivity index (χ1n) is 5.90. The molecule has 0 fully saturated rings. The Morgan fingerprint density at radius 2 is 1.80 bits per heavy atom. The fraction of sp³-hybridized carbons (Fsp3) is 0.143. The van der Waals surface area contributed by atoms with Crippen LogP contribution in [-0.2, 0) is 6.54 Å². The monoisotopic (exact) mass is 398 g/mol. The van der Waals surface area contributed by atoms with Gasteiger partial charge < -0.3 is 5.32 Å². The molecule has 2 rings (SSSR count). The molecule has 20 heavy (non-hydrogen) atoms. The normalized spacial score (nSPS) is 10.3. The van der Waals surface area contributed by atoms with E-state index in [0.717, 1.165) is 15.7 Å². The largest absolute Gasteiger partial charge is 0.380 e. The number of nitrogens with one attached hydrogen (secondary N) is 1. The van der Waals surface area contributed by atoms with E-state index in [2.05, 4.69) is 37.2 Å². The van der Waals surface area contributed by atoms with E-state index in [9.17, 15) is 10.1 Å². The first-order valence-corrected chi connectivity index (χ1v) is 7.49. The van der Waals surface area contributed by atoms with Gasteiger partial charge in [-0.2, -0.15) is 0 Å². The van der Waals surface area contributed by atoms with Crippen LogP contribution < -0.4 is 5.32 Å². The van der Waals surface area contributed by atoms with E-state index in [4.69, 9.17) is 0 Å². The number of benzene rings is 2. The SMILES string of the molecule is Cc1ccc(Br)cc1NCc1ccc(Br)cc1[N+](=O)[O-]. The average molecular weight is 400 g/mol. The molecule has 1 N–H and O–H groups in total. The summed E-state index contributed by atoms with van der Waals surface area (Å²) in [6, 6.07) is 11.0. The van der Waals surface area contributed by atoms with Crippen molar-refractivity contribution in [2.75, 3.05) is 5.32 Å². The lowest BCUT2D eigenvalue weighted by atomic mass is 10.1. The lowest BCUT2D eigenvalue weighted by Gasteiger charge is -2.10. The van der Waals surface area contributed by atoms with Gasteiger partial charge in [0.05, 0.1) is 4.92 Å². The van der Waals surface area contributed by atoms with E-state index in [1.54, 1.807) is 12.1 Å². The molecule has 6 heteroatoms. The Morgan fingerprint density at radius 3 is 2.50 bits per heavy atom. The molecule has 0 saturated heterocycles. The summed E-state index contributed by atoms with van der Waals surface area (Å²) in [4.78, 5) is 10.7. The maximum Gasteiger partial charge on any atom is 0.275 e. The lowest BCUT2D eigenvalue weighted by molar-refractivity contribution is -0.385. The summed E-state index contributed by atoms with van der Waals surface area (Å²) in [5, 5.41) is 14.3. The van der Waals surface area contributed by atoms with Crippen molar-refractivity contribution in [2.24, 2.45) is 0 Å². The summed E-state index contributed by atoms with van der Waals surface area (Å²) < 4.78 is 1.67. The Kier molecular flexibility index (Phi) is 4.77. The average Bonchev–Trinajstić information content (AvgIpc) is 2.40. The van der Waals surface area contributed by atoms with Crippen molar-refractivity contribution >= 4 is 43.2 Å². The fourth-order valence-corrected chi connectivity index (χ4v) is 2.54. The highest BCUT2D eigenvalue weighted by Crippen LogP contribution is 2.26. The lowest BCUT2D eigenvalue weighted by Crippen LogP contribution is -2.04. The third kappa shape index (κ3) is 3.58. The predicted molar refractivity (Wildman–Crippen MR) is 87.0 cm³/mol. The zero-order chi connectivity index (χ0) is 14.7. The highest BCUT2D eigenvalue weighted by Gasteiger charge is 2.14. The molecule has 0 atom stereocenters. The predicted octanol–water partition coefficient (Wildman–Crippen LogP) is 5.04. The van der Waals surface area contributed by atoms with Crippen LogP contribution in [0, 0.1) is 17.0 Å². The second-order valence-electron chi connectivity index (χ2n) is 4.34. The van der Waals surface area contributed by atoms with Gasteiger partial charge in [-0.25, -0.2) is 0 Å². The number of halogens is 2. The molecule has 0 radical (unpaired) electrons. The highest BCUT2D eigenvalue weighted by atomic mass is 79.9. The minimum atomic E-state index is -0.366. The smallest absolute Gasteiger partial charge is 0.275 e. The molecule has 2 aromatic rings. The van der Waals surface area contributed by atoms with Gasteiger partial charge >= 0.3 is 0 Å². The minimum absolute atomic E-state index is 0.111. The van der Waals surface area contributed by atoms with Crippen LogP contribution >= 0.6 is 31.9 Å². The van der Waals surface area contributed by atoms with E-state index in [0.29, 0.717) is 16.6 Å². The highest BCUT2D eigenvalue weighted by molar-refractivity contribution is 9.10. The summed E-state index contributed by atoms with van der Waals surface area (Å²) in [5.74, 6) is 0. The molecule has 0 saturated carbocycles. The number of nitro groups is 1. The summed E-state index contributed by atoms with van der Waals surface area (Å²) in [5.41, 5.74) is 2.81. The summed E-state index contributed by atoms with van der Waals surface area (Å²) in [6.07, 6.45) is 0. The first-order chi connectivity index (χ1) is 9.47. The van der Waals surface area contributed by atoms with Crippen LogP contribution in [0.4, 0.5) is 11.4 Å². The molecule has 0 spiro atoms. The van der Waals surface area contributed by atoms with Crippen LogP contribution in [0.25, 0.3) is 0 Å². The van der Waals surface area contributed by atoms with Crippen molar-refractivity contribution in [3.05, 3.63) is 66.6 Å². The van der Waals surface area contributed by atoms with Crippen LogP contribution in [0.5, 0.6) is 0 Å². The Hall–Kier alpha value is -1.40. The molecule has 0 aliphatic rings. The van der Waals surface area contributed by atoms with Gasteiger partial charge in [0.2, 0.25) is 0 Å². The number of nitrogens with zero attached hydrogens (tertiary/aromatic N) is 1. The number of anilines is 1. The number of hydrogen-bond donors (Lipinski definition) is 1. The maximum absolute atomic E-state index is 11.1. The van der Waals surface area contributed by atoms with E-state index >= 15 is 0 Å². The number of rotatable bonds is 4. The van der Waals surface area contributed by atoms with E-state index in [-0.39, 0.29) is 10.6 Å². The molecule has 4 nitrogen and oxygen atoms in total. The molecule has 0 aliphatic carbocycles. The Balaban J connectivity index is 2.23. The van der Waals surface area contributed by atoms with Crippen LogP contribution in [-0.4, -0.2) is 4.92 Å². The third-order valence-corrected chi connectivity index (χ3v) is 3.90. The van der Waals surface area contributed by atoms with Gasteiger partial charge in [0.25, 0.3) is 5.69 Å². The van der Waals surface area contributed by atoms with Crippen molar-refractivity contribution in [2.45, 2.75) is 13.5 Å². The quantitative estimate of drug-likeness (QED) is 0.578.